The average molecular weight is 367 g/mol. The van der Waals surface area contributed by atoms with Crippen molar-refractivity contribution < 1.29 is 17.9 Å². The molecule has 27 heavy (non-hydrogen) atoms. The molecule has 5 heteroatoms. The molecular formula is C22H19F2NO2. The summed E-state index contributed by atoms with van der Waals surface area (Å²) in [5, 5.41) is 1.59. The summed E-state index contributed by atoms with van der Waals surface area (Å²) in [6, 6.07) is 12.3. The van der Waals surface area contributed by atoms with Gasteiger partial charge in [0, 0.05) is 34.7 Å². The maximum absolute atomic E-state index is 14.3. The van der Waals surface area contributed by atoms with Crippen LogP contribution in [0.15, 0.2) is 46.9 Å². The van der Waals surface area contributed by atoms with Gasteiger partial charge in [-0.25, -0.2) is 13.8 Å². The van der Waals surface area contributed by atoms with Crippen molar-refractivity contribution in [3.8, 4) is 5.88 Å². The summed E-state index contributed by atoms with van der Waals surface area (Å²) in [4.78, 5) is 4.10. The molecule has 4 aromatic rings. The van der Waals surface area contributed by atoms with Gasteiger partial charge in [-0.2, -0.15) is 0 Å². The van der Waals surface area contributed by atoms with E-state index in [1.807, 2.05) is 24.3 Å². The molecule has 0 aliphatic carbocycles. The third-order valence-electron chi connectivity index (χ3n) is 4.76. The molecule has 2 heterocycles. The zero-order valence-corrected chi connectivity index (χ0v) is 15.3. The van der Waals surface area contributed by atoms with Crippen molar-refractivity contribution in [1.29, 1.82) is 0 Å². The minimum Gasteiger partial charge on any atom is -0.481 e. The Labute approximate surface area is 155 Å². The van der Waals surface area contributed by atoms with Gasteiger partial charge in [0.1, 0.15) is 16.9 Å². The summed E-state index contributed by atoms with van der Waals surface area (Å²) in [7, 11) is 1.46. The molecule has 138 valence electrons. The maximum Gasteiger partial charge on any atom is 0.213 e. The Balaban J connectivity index is 1.96. The molecule has 0 aliphatic rings. The number of halogens is 2. The Bertz CT molecular complexity index is 1150. The summed E-state index contributed by atoms with van der Waals surface area (Å²) in [5.41, 5.74) is 2.64. The van der Waals surface area contributed by atoms with Crippen LogP contribution in [0.5, 0.6) is 5.88 Å². The second kappa shape index (κ2) is 6.65. The first-order valence-electron chi connectivity index (χ1n) is 8.81. The highest BCUT2D eigenvalue weighted by atomic mass is 19.2. The normalized spacial score (nSPS) is 11.6. The van der Waals surface area contributed by atoms with Crippen LogP contribution in [0.4, 0.5) is 8.78 Å². The highest BCUT2D eigenvalue weighted by Gasteiger charge is 2.20. The van der Waals surface area contributed by atoms with Crippen LogP contribution in [0.3, 0.4) is 0 Å². The van der Waals surface area contributed by atoms with Gasteiger partial charge in [-0.15, -0.1) is 0 Å². The van der Waals surface area contributed by atoms with E-state index in [1.165, 1.54) is 7.11 Å². The Morgan fingerprint density at radius 2 is 1.85 bits per heavy atom. The van der Waals surface area contributed by atoms with Crippen LogP contribution in [-0.2, 0) is 6.42 Å². The van der Waals surface area contributed by atoms with Crippen molar-refractivity contribution in [2.24, 2.45) is 0 Å². The van der Waals surface area contributed by atoms with E-state index in [1.54, 1.807) is 12.1 Å². The fourth-order valence-corrected chi connectivity index (χ4v) is 3.49. The monoisotopic (exact) mass is 367 g/mol. The zero-order chi connectivity index (χ0) is 19.1. The van der Waals surface area contributed by atoms with Crippen molar-refractivity contribution in [2.45, 2.75) is 26.2 Å². The summed E-state index contributed by atoms with van der Waals surface area (Å²) in [6.45, 7) is 4.14. The second-order valence-electron chi connectivity index (χ2n) is 6.85. The van der Waals surface area contributed by atoms with E-state index in [4.69, 9.17) is 9.15 Å². The molecule has 0 atom stereocenters. The molecule has 3 nitrogen and oxygen atoms in total. The molecule has 4 rings (SSSR count). The van der Waals surface area contributed by atoms with Crippen LogP contribution in [0.1, 0.15) is 36.7 Å². The standard InChI is InChI=1S/C22H19F2NO2/c1-12(2)22-16(15-6-4-5-7-18(15)27-22)10-13-11-19(26-3)25-21-14(13)8-9-17(23)20(21)24/h4-9,11-12H,10H2,1-3H3. The third kappa shape index (κ3) is 2.93. The lowest BCUT2D eigenvalue weighted by Crippen LogP contribution is -2.00. The van der Waals surface area contributed by atoms with Gasteiger partial charge in [0.25, 0.3) is 0 Å². The van der Waals surface area contributed by atoms with E-state index < -0.39 is 11.6 Å². The fourth-order valence-electron chi connectivity index (χ4n) is 3.49. The number of para-hydroxylation sites is 1. The predicted molar refractivity (Wildman–Crippen MR) is 101 cm³/mol. The minimum absolute atomic E-state index is 0.0248. The number of methoxy groups -OCH3 is 1. The van der Waals surface area contributed by atoms with Gasteiger partial charge in [-0.1, -0.05) is 32.0 Å². The summed E-state index contributed by atoms with van der Waals surface area (Å²) in [6.07, 6.45) is 0.505. The predicted octanol–water partition coefficient (Wildman–Crippen LogP) is 5.98. The van der Waals surface area contributed by atoms with Crippen molar-refractivity contribution in [3.05, 3.63) is 71.0 Å². The van der Waals surface area contributed by atoms with Gasteiger partial charge in [0.2, 0.25) is 5.88 Å². The minimum atomic E-state index is -0.964. The Morgan fingerprint density at radius 3 is 2.59 bits per heavy atom. The molecule has 2 aromatic carbocycles. The molecule has 0 amide bonds. The molecular weight excluding hydrogens is 348 g/mol. The van der Waals surface area contributed by atoms with E-state index in [-0.39, 0.29) is 17.3 Å². The van der Waals surface area contributed by atoms with Crippen LogP contribution in [0.2, 0.25) is 0 Å². The molecule has 0 spiro atoms. The Kier molecular flexibility index (Phi) is 4.30. The lowest BCUT2D eigenvalue weighted by atomic mass is 9.95. The highest BCUT2D eigenvalue weighted by Crippen LogP contribution is 2.35. The first kappa shape index (κ1) is 17.5. The molecule has 0 radical (unpaired) electrons. The highest BCUT2D eigenvalue weighted by molar-refractivity contribution is 5.87. The quantitative estimate of drug-likeness (QED) is 0.445. The first-order chi connectivity index (χ1) is 13.0. The number of aromatic nitrogens is 1. The number of rotatable bonds is 4. The lowest BCUT2D eigenvalue weighted by Gasteiger charge is -2.11. The van der Waals surface area contributed by atoms with Crippen LogP contribution >= 0.6 is 0 Å². The number of hydrogen-bond acceptors (Lipinski definition) is 3. The van der Waals surface area contributed by atoms with Gasteiger partial charge in [-0.05, 0) is 23.8 Å². The van der Waals surface area contributed by atoms with E-state index in [2.05, 4.69) is 18.8 Å². The second-order valence-corrected chi connectivity index (χ2v) is 6.85. The molecule has 0 saturated heterocycles. The van der Waals surface area contributed by atoms with Crippen molar-refractivity contribution in [1.82, 2.24) is 4.98 Å². The first-order valence-corrected chi connectivity index (χ1v) is 8.81. The number of pyridine rings is 1. The Morgan fingerprint density at radius 1 is 1.07 bits per heavy atom. The van der Waals surface area contributed by atoms with E-state index in [9.17, 15) is 8.78 Å². The van der Waals surface area contributed by atoms with Gasteiger partial charge in [-0.3, -0.25) is 0 Å². The summed E-state index contributed by atoms with van der Waals surface area (Å²) >= 11 is 0. The topological polar surface area (TPSA) is 35.3 Å². The number of nitrogens with zero attached hydrogens (tertiary/aromatic N) is 1. The van der Waals surface area contributed by atoms with E-state index >= 15 is 0 Å². The number of furan rings is 1. The molecule has 0 N–H and O–H groups in total. The van der Waals surface area contributed by atoms with Crippen molar-refractivity contribution in [3.63, 3.8) is 0 Å². The SMILES string of the molecule is COc1cc(Cc2c(C(C)C)oc3ccccc23)c2ccc(F)c(F)c2n1. The van der Waals surface area contributed by atoms with E-state index in [0.717, 1.165) is 33.9 Å². The number of fused-ring (bicyclic) bond motifs is 2. The molecule has 0 bridgehead atoms. The largest absolute Gasteiger partial charge is 0.481 e. The van der Waals surface area contributed by atoms with Crippen LogP contribution in [0, 0.1) is 11.6 Å². The average Bonchev–Trinajstić information content (AvgIpc) is 3.03. The summed E-state index contributed by atoms with van der Waals surface area (Å²) in [5.74, 6) is -0.556. The lowest BCUT2D eigenvalue weighted by molar-refractivity contribution is 0.398. The van der Waals surface area contributed by atoms with Crippen LogP contribution < -0.4 is 4.74 Å². The van der Waals surface area contributed by atoms with Gasteiger partial charge < -0.3 is 9.15 Å². The molecule has 0 saturated carbocycles. The number of benzene rings is 2. The summed E-state index contributed by atoms with van der Waals surface area (Å²) < 4.78 is 39.3. The van der Waals surface area contributed by atoms with Crippen molar-refractivity contribution >= 4 is 21.9 Å². The smallest absolute Gasteiger partial charge is 0.213 e. The fraction of sp³-hybridized carbons (Fsp3) is 0.227. The molecule has 2 aromatic heterocycles. The van der Waals surface area contributed by atoms with Gasteiger partial charge in [0.05, 0.1) is 7.11 Å². The maximum atomic E-state index is 14.3. The van der Waals surface area contributed by atoms with Crippen molar-refractivity contribution in [2.75, 3.05) is 7.11 Å². The van der Waals surface area contributed by atoms with Crippen LogP contribution in [-0.4, -0.2) is 12.1 Å². The van der Waals surface area contributed by atoms with Gasteiger partial charge >= 0.3 is 0 Å². The number of hydrogen-bond donors (Lipinski definition) is 0. The third-order valence-corrected chi connectivity index (χ3v) is 4.76. The Hall–Kier alpha value is -2.95. The van der Waals surface area contributed by atoms with Crippen LogP contribution in [0.25, 0.3) is 21.9 Å². The molecule has 0 unspecified atom stereocenters. The molecule has 0 fully saturated rings. The number of ether oxygens (including phenoxy) is 1. The zero-order valence-electron chi connectivity index (χ0n) is 15.3. The van der Waals surface area contributed by atoms with Gasteiger partial charge in [0.15, 0.2) is 11.6 Å². The molecule has 0 aliphatic heterocycles. The van der Waals surface area contributed by atoms with E-state index in [0.29, 0.717) is 11.8 Å².